The van der Waals surface area contributed by atoms with Gasteiger partial charge in [0.15, 0.2) is 0 Å². The summed E-state index contributed by atoms with van der Waals surface area (Å²) in [6, 6.07) is 27.4. The van der Waals surface area contributed by atoms with Crippen molar-refractivity contribution in [2.45, 2.75) is 6.10 Å². The highest BCUT2D eigenvalue weighted by atomic mass is 16.3. The van der Waals surface area contributed by atoms with Gasteiger partial charge in [0.1, 0.15) is 17.4 Å². The minimum atomic E-state index is -0.727. The van der Waals surface area contributed by atoms with Gasteiger partial charge in [-0.05, 0) is 11.6 Å². The smallest absolute Gasteiger partial charge is 0.141 e. The number of hydrogen-bond donors (Lipinski definition) is 1. The lowest BCUT2D eigenvalue weighted by Gasteiger charge is -2.12. The van der Waals surface area contributed by atoms with E-state index in [0.717, 1.165) is 33.4 Å². The van der Waals surface area contributed by atoms with E-state index in [4.69, 9.17) is 4.42 Å². The molecule has 1 aromatic heterocycles. The van der Waals surface area contributed by atoms with Gasteiger partial charge < -0.3 is 9.52 Å². The molecule has 0 bridgehead atoms. The predicted octanol–water partition coefficient (Wildman–Crippen LogP) is 5.18. The number of rotatable bonds is 3. The number of furan rings is 1. The number of aliphatic hydroxyl groups is 1. The van der Waals surface area contributed by atoms with Crippen molar-refractivity contribution in [2.24, 2.45) is 0 Å². The largest absolute Gasteiger partial charge is 0.456 e. The third kappa shape index (κ3) is 2.43. The van der Waals surface area contributed by atoms with E-state index in [1.165, 1.54) is 0 Å². The Morgan fingerprint density at radius 2 is 1.30 bits per heavy atom. The molecule has 1 atom stereocenters. The van der Waals surface area contributed by atoms with Gasteiger partial charge in [-0.25, -0.2) is 0 Å². The second kappa shape index (κ2) is 5.75. The first-order valence-corrected chi connectivity index (χ1v) is 7.64. The molecule has 1 unspecified atom stereocenters. The average molecular weight is 300 g/mol. The third-order valence-electron chi connectivity index (χ3n) is 4.06. The predicted molar refractivity (Wildman–Crippen MR) is 92.2 cm³/mol. The fourth-order valence-corrected chi connectivity index (χ4v) is 2.94. The van der Waals surface area contributed by atoms with Crippen LogP contribution in [0.1, 0.15) is 17.2 Å². The van der Waals surface area contributed by atoms with E-state index in [0.29, 0.717) is 0 Å². The van der Waals surface area contributed by atoms with E-state index in [-0.39, 0.29) is 0 Å². The van der Waals surface area contributed by atoms with Crippen LogP contribution < -0.4 is 0 Å². The van der Waals surface area contributed by atoms with Crippen molar-refractivity contribution in [1.29, 1.82) is 0 Å². The first-order chi connectivity index (χ1) is 11.3. The standard InChI is InChI=1S/C21H16O2/c22-20(15-9-3-1-4-10-15)19-17-13-7-8-14-18(17)23-21(19)16-11-5-2-6-12-16/h1-14,20,22H. The number of hydrogen-bond acceptors (Lipinski definition) is 2. The lowest BCUT2D eigenvalue weighted by atomic mass is 9.96. The monoisotopic (exact) mass is 300 g/mol. The molecule has 1 heterocycles. The molecule has 0 aliphatic heterocycles. The zero-order valence-corrected chi connectivity index (χ0v) is 12.5. The van der Waals surface area contributed by atoms with Crippen LogP contribution in [0, 0.1) is 0 Å². The van der Waals surface area contributed by atoms with E-state index in [9.17, 15) is 5.11 Å². The molecule has 4 aromatic rings. The van der Waals surface area contributed by atoms with E-state index in [1.54, 1.807) is 0 Å². The van der Waals surface area contributed by atoms with Crippen LogP contribution in [0.5, 0.6) is 0 Å². The van der Waals surface area contributed by atoms with E-state index >= 15 is 0 Å². The minimum Gasteiger partial charge on any atom is -0.456 e. The van der Waals surface area contributed by atoms with Crippen LogP contribution in [0.4, 0.5) is 0 Å². The molecule has 1 N–H and O–H groups in total. The Balaban J connectivity index is 1.97. The molecule has 0 radical (unpaired) electrons. The summed E-state index contributed by atoms with van der Waals surface area (Å²) in [4.78, 5) is 0. The SMILES string of the molecule is OC(c1ccccc1)c1c(-c2ccccc2)oc2ccccc12. The second-order valence-corrected chi connectivity index (χ2v) is 5.52. The number of para-hydroxylation sites is 1. The summed E-state index contributed by atoms with van der Waals surface area (Å²) in [6.45, 7) is 0. The summed E-state index contributed by atoms with van der Waals surface area (Å²) in [7, 11) is 0. The third-order valence-corrected chi connectivity index (χ3v) is 4.06. The molecule has 3 aromatic carbocycles. The molecule has 112 valence electrons. The summed E-state index contributed by atoms with van der Waals surface area (Å²) in [5.41, 5.74) is 3.43. The van der Waals surface area contributed by atoms with Gasteiger partial charge in [0, 0.05) is 16.5 Å². The van der Waals surface area contributed by atoms with Gasteiger partial charge in [-0.3, -0.25) is 0 Å². The van der Waals surface area contributed by atoms with Crippen LogP contribution in [-0.4, -0.2) is 5.11 Å². The molecule has 0 saturated heterocycles. The maximum atomic E-state index is 11.0. The quantitative estimate of drug-likeness (QED) is 0.565. The summed E-state index contributed by atoms with van der Waals surface area (Å²) in [5, 5.41) is 11.9. The van der Waals surface area contributed by atoms with Crippen molar-refractivity contribution in [3.63, 3.8) is 0 Å². The van der Waals surface area contributed by atoms with Crippen LogP contribution in [0.3, 0.4) is 0 Å². The fourth-order valence-electron chi connectivity index (χ4n) is 2.94. The Labute approximate surface area is 134 Å². The topological polar surface area (TPSA) is 33.4 Å². The molecule has 0 saturated carbocycles. The molecular weight excluding hydrogens is 284 g/mol. The van der Waals surface area contributed by atoms with Gasteiger partial charge in [-0.1, -0.05) is 78.9 Å². The minimum absolute atomic E-state index is 0.725. The van der Waals surface area contributed by atoms with Crippen LogP contribution in [0.15, 0.2) is 89.3 Å². The Kier molecular flexibility index (Phi) is 3.45. The molecule has 23 heavy (non-hydrogen) atoms. The molecule has 2 heteroatoms. The highest BCUT2D eigenvalue weighted by Crippen LogP contribution is 2.39. The maximum Gasteiger partial charge on any atom is 0.141 e. The van der Waals surface area contributed by atoms with Crippen molar-refractivity contribution in [3.05, 3.63) is 96.1 Å². The van der Waals surface area contributed by atoms with E-state index in [2.05, 4.69) is 0 Å². The molecule has 0 fully saturated rings. The number of fused-ring (bicyclic) bond motifs is 1. The number of aliphatic hydroxyl groups excluding tert-OH is 1. The summed E-state index contributed by atoms with van der Waals surface area (Å²) >= 11 is 0. The van der Waals surface area contributed by atoms with Gasteiger partial charge in [0.25, 0.3) is 0 Å². The zero-order valence-electron chi connectivity index (χ0n) is 12.5. The molecule has 0 aliphatic rings. The van der Waals surface area contributed by atoms with Crippen molar-refractivity contribution in [1.82, 2.24) is 0 Å². The Morgan fingerprint density at radius 3 is 2.04 bits per heavy atom. The molecule has 2 nitrogen and oxygen atoms in total. The van der Waals surface area contributed by atoms with Gasteiger partial charge in [-0.15, -0.1) is 0 Å². The normalized spacial score (nSPS) is 12.4. The highest BCUT2D eigenvalue weighted by Gasteiger charge is 2.23. The second-order valence-electron chi connectivity index (χ2n) is 5.52. The fraction of sp³-hybridized carbons (Fsp3) is 0.0476. The molecule has 0 spiro atoms. The maximum absolute atomic E-state index is 11.0. The molecular formula is C21H16O2. The summed E-state index contributed by atoms with van der Waals surface area (Å²) in [5.74, 6) is 0.725. The van der Waals surface area contributed by atoms with Crippen molar-refractivity contribution < 1.29 is 9.52 Å². The molecule has 4 rings (SSSR count). The van der Waals surface area contributed by atoms with Crippen molar-refractivity contribution in [2.75, 3.05) is 0 Å². The van der Waals surface area contributed by atoms with E-state index < -0.39 is 6.10 Å². The van der Waals surface area contributed by atoms with Crippen molar-refractivity contribution in [3.8, 4) is 11.3 Å². The Hall–Kier alpha value is -2.84. The van der Waals surface area contributed by atoms with E-state index in [1.807, 2.05) is 84.9 Å². The van der Waals surface area contributed by atoms with Gasteiger partial charge >= 0.3 is 0 Å². The summed E-state index contributed by atoms with van der Waals surface area (Å²) in [6.07, 6.45) is -0.727. The first-order valence-electron chi connectivity index (χ1n) is 7.64. The van der Waals surface area contributed by atoms with Crippen LogP contribution in [0.2, 0.25) is 0 Å². The highest BCUT2D eigenvalue weighted by molar-refractivity contribution is 5.88. The molecule has 0 aliphatic carbocycles. The van der Waals surface area contributed by atoms with Crippen LogP contribution in [-0.2, 0) is 0 Å². The lowest BCUT2D eigenvalue weighted by Crippen LogP contribution is -2.00. The van der Waals surface area contributed by atoms with Gasteiger partial charge in [0.2, 0.25) is 0 Å². The van der Waals surface area contributed by atoms with Crippen molar-refractivity contribution >= 4 is 11.0 Å². The number of benzene rings is 3. The average Bonchev–Trinajstić information content (AvgIpc) is 3.02. The van der Waals surface area contributed by atoms with Gasteiger partial charge in [-0.2, -0.15) is 0 Å². The molecule has 0 amide bonds. The summed E-state index contributed by atoms with van der Waals surface area (Å²) < 4.78 is 6.07. The first kappa shape index (κ1) is 13.8. The lowest BCUT2D eigenvalue weighted by molar-refractivity contribution is 0.221. The Bertz CT molecular complexity index is 924. The Morgan fingerprint density at radius 1 is 0.696 bits per heavy atom. The zero-order chi connectivity index (χ0) is 15.6. The van der Waals surface area contributed by atoms with Crippen LogP contribution in [0.25, 0.3) is 22.3 Å². The van der Waals surface area contributed by atoms with Gasteiger partial charge in [0.05, 0.1) is 0 Å². The van der Waals surface area contributed by atoms with Crippen LogP contribution >= 0.6 is 0 Å².